The Balaban J connectivity index is 2.41. The molecule has 1 amide bonds. The first-order chi connectivity index (χ1) is 5.65. The number of rotatable bonds is 2. The fourth-order valence-electron chi connectivity index (χ4n) is 1.37. The highest BCUT2D eigenvalue weighted by Gasteiger charge is 2.27. The molecular formula is C8H14BrNO2. The van der Waals surface area contributed by atoms with Gasteiger partial charge < -0.3 is 9.64 Å². The lowest BCUT2D eigenvalue weighted by Gasteiger charge is -2.17. The van der Waals surface area contributed by atoms with Crippen LogP contribution in [0.4, 0.5) is 0 Å². The number of hydrogen-bond acceptors (Lipinski definition) is 2. The average Bonchev–Trinajstić information content (AvgIpc) is 2.50. The van der Waals surface area contributed by atoms with Gasteiger partial charge in [-0.3, -0.25) is 4.79 Å². The molecule has 70 valence electrons. The molecule has 0 N–H and O–H groups in total. The highest BCUT2D eigenvalue weighted by atomic mass is 79.9. The number of ether oxygens (including phenoxy) is 1. The van der Waals surface area contributed by atoms with Gasteiger partial charge in [-0.05, 0) is 13.3 Å². The fourth-order valence-corrected chi connectivity index (χ4v) is 1.66. The zero-order chi connectivity index (χ0) is 9.14. The number of nitrogens with zero attached hydrogens (tertiary/aromatic N) is 1. The zero-order valence-corrected chi connectivity index (χ0v) is 9.00. The third-order valence-corrected chi connectivity index (χ3v) is 2.52. The average molecular weight is 236 g/mol. The molecule has 2 atom stereocenters. The lowest BCUT2D eigenvalue weighted by molar-refractivity contribution is -0.129. The van der Waals surface area contributed by atoms with Crippen LogP contribution in [0.5, 0.6) is 0 Å². The zero-order valence-electron chi connectivity index (χ0n) is 7.42. The van der Waals surface area contributed by atoms with E-state index in [-0.39, 0.29) is 16.8 Å². The van der Waals surface area contributed by atoms with Crippen molar-refractivity contribution < 1.29 is 9.53 Å². The van der Waals surface area contributed by atoms with E-state index in [1.54, 1.807) is 7.11 Å². The first-order valence-corrected chi connectivity index (χ1v) is 5.02. The van der Waals surface area contributed by atoms with Gasteiger partial charge in [0.1, 0.15) is 0 Å². The van der Waals surface area contributed by atoms with Crippen LogP contribution in [0.1, 0.15) is 13.3 Å². The monoisotopic (exact) mass is 235 g/mol. The molecule has 1 aliphatic rings. The summed E-state index contributed by atoms with van der Waals surface area (Å²) < 4.78 is 5.16. The third-order valence-electron chi connectivity index (χ3n) is 2.13. The molecule has 0 aromatic carbocycles. The van der Waals surface area contributed by atoms with E-state index < -0.39 is 0 Å². The molecule has 0 aromatic rings. The van der Waals surface area contributed by atoms with Crippen LogP contribution in [-0.2, 0) is 9.53 Å². The number of likely N-dealkylation sites (tertiary alicyclic amines) is 1. The Bertz CT molecular complexity index is 172. The van der Waals surface area contributed by atoms with E-state index in [0.717, 1.165) is 19.5 Å². The number of methoxy groups -OCH3 is 1. The first-order valence-electron chi connectivity index (χ1n) is 4.10. The second-order valence-electron chi connectivity index (χ2n) is 3.05. The topological polar surface area (TPSA) is 29.5 Å². The second kappa shape index (κ2) is 4.23. The highest BCUT2D eigenvalue weighted by Crippen LogP contribution is 2.14. The summed E-state index contributed by atoms with van der Waals surface area (Å²) in [5.74, 6) is 0.162. The highest BCUT2D eigenvalue weighted by molar-refractivity contribution is 9.10. The molecule has 0 saturated carbocycles. The minimum atomic E-state index is -0.0758. The Kier molecular flexibility index (Phi) is 3.53. The maximum Gasteiger partial charge on any atom is 0.236 e. The van der Waals surface area contributed by atoms with Crippen LogP contribution in [0.2, 0.25) is 0 Å². The normalized spacial score (nSPS) is 25.9. The van der Waals surface area contributed by atoms with Crippen molar-refractivity contribution in [2.24, 2.45) is 0 Å². The summed E-state index contributed by atoms with van der Waals surface area (Å²) in [6.45, 7) is 3.42. The van der Waals surface area contributed by atoms with Crippen molar-refractivity contribution in [3.05, 3.63) is 0 Å². The summed E-state index contributed by atoms with van der Waals surface area (Å²) >= 11 is 3.26. The summed E-state index contributed by atoms with van der Waals surface area (Å²) in [4.78, 5) is 13.2. The Hall–Kier alpha value is -0.0900. The van der Waals surface area contributed by atoms with E-state index >= 15 is 0 Å². The summed E-state index contributed by atoms with van der Waals surface area (Å²) in [7, 11) is 1.69. The standard InChI is InChI=1S/C8H14BrNO2/c1-6(9)8(11)10-4-3-7(5-10)12-2/h6-7H,3-5H2,1-2H3. The van der Waals surface area contributed by atoms with Crippen molar-refractivity contribution in [3.8, 4) is 0 Å². The van der Waals surface area contributed by atoms with Crippen LogP contribution < -0.4 is 0 Å². The third kappa shape index (κ3) is 2.20. The molecule has 0 aliphatic carbocycles. The molecule has 0 spiro atoms. The molecule has 1 heterocycles. The molecule has 3 nitrogen and oxygen atoms in total. The quantitative estimate of drug-likeness (QED) is 0.670. The summed E-state index contributed by atoms with van der Waals surface area (Å²) in [5.41, 5.74) is 0. The van der Waals surface area contributed by atoms with Crippen LogP contribution in [0.3, 0.4) is 0 Å². The van der Waals surface area contributed by atoms with Crippen LogP contribution in [-0.4, -0.2) is 41.9 Å². The van der Waals surface area contributed by atoms with Gasteiger partial charge in [-0.1, -0.05) is 15.9 Å². The molecule has 1 rings (SSSR count). The van der Waals surface area contributed by atoms with Gasteiger partial charge in [-0.25, -0.2) is 0 Å². The number of halogens is 1. The predicted octanol–water partition coefficient (Wildman–Crippen LogP) is 1.02. The van der Waals surface area contributed by atoms with Gasteiger partial charge >= 0.3 is 0 Å². The Morgan fingerprint density at radius 2 is 2.42 bits per heavy atom. The second-order valence-corrected chi connectivity index (χ2v) is 4.42. The van der Waals surface area contributed by atoms with Crippen molar-refractivity contribution in [1.82, 2.24) is 4.90 Å². The van der Waals surface area contributed by atoms with E-state index in [9.17, 15) is 4.79 Å². The van der Waals surface area contributed by atoms with E-state index in [2.05, 4.69) is 15.9 Å². The summed E-state index contributed by atoms with van der Waals surface area (Å²) in [6.07, 6.45) is 1.20. The molecular weight excluding hydrogens is 222 g/mol. The molecule has 0 radical (unpaired) electrons. The minimum Gasteiger partial charge on any atom is -0.380 e. The number of carbonyl (C=O) groups is 1. The molecule has 1 aliphatic heterocycles. The Morgan fingerprint density at radius 3 is 2.83 bits per heavy atom. The number of hydrogen-bond donors (Lipinski definition) is 0. The lowest BCUT2D eigenvalue weighted by atomic mass is 10.3. The van der Waals surface area contributed by atoms with Crippen LogP contribution in [0, 0.1) is 0 Å². The van der Waals surface area contributed by atoms with Crippen molar-refractivity contribution >= 4 is 21.8 Å². The molecule has 12 heavy (non-hydrogen) atoms. The van der Waals surface area contributed by atoms with Crippen molar-refractivity contribution in [3.63, 3.8) is 0 Å². The fraction of sp³-hybridized carbons (Fsp3) is 0.875. The molecule has 4 heteroatoms. The maximum atomic E-state index is 11.4. The van der Waals surface area contributed by atoms with Gasteiger partial charge in [0, 0.05) is 20.2 Å². The lowest BCUT2D eigenvalue weighted by Crippen LogP contribution is -2.34. The van der Waals surface area contributed by atoms with Crippen molar-refractivity contribution in [1.29, 1.82) is 0 Å². The van der Waals surface area contributed by atoms with Gasteiger partial charge in [-0.2, -0.15) is 0 Å². The van der Waals surface area contributed by atoms with E-state index in [1.807, 2.05) is 11.8 Å². The van der Waals surface area contributed by atoms with E-state index in [1.165, 1.54) is 0 Å². The van der Waals surface area contributed by atoms with Gasteiger partial charge in [0.15, 0.2) is 0 Å². The van der Waals surface area contributed by atoms with Crippen LogP contribution >= 0.6 is 15.9 Å². The number of carbonyl (C=O) groups excluding carboxylic acids is 1. The maximum absolute atomic E-state index is 11.4. The van der Waals surface area contributed by atoms with Gasteiger partial charge in [0.05, 0.1) is 10.9 Å². The minimum absolute atomic E-state index is 0.0758. The molecule has 0 aromatic heterocycles. The predicted molar refractivity (Wildman–Crippen MR) is 50.4 cm³/mol. The van der Waals surface area contributed by atoms with E-state index in [0.29, 0.717) is 0 Å². The summed E-state index contributed by atoms with van der Waals surface area (Å²) in [5, 5.41) is 0. The van der Waals surface area contributed by atoms with Crippen molar-refractivity contribution in [2.45, 2.75) is 24.3 Å². The number of alkyl halides is 1. The van der Waals surface area contributed by atoms with Gasteiger partial charge in [0.2, 0.25) is 5.91 Å². The van der Waals surface area contributed by atoms with Crippen molar-refractivity contribution in [2.75, 3.05) is 20.2 Å². The molecule has 0 bridgehead atoms. The first kappa shape index (κ1) is 9.99. The Morgan fingerprint density at radius 1 is 1.75 bits per heavy atom. The van der Waals surface area contributed by atoms with Crippen LogP contribution in [0.25, 0.3) is 0 Å². The molecule has 1 saturated heterocycles. The van der Waals surface area contributed by atoms with Gasteiger partial charge in [0.25, 0.3) is 0 Å². The Labute approximate surface area is 81.2 Å². The SMILES string of the molecule is COC1CCN(C(=O)C(C)Br)C1. The van der Waals surface area contributed by atoms with Crippen LogP contribution in [0.15, 0.2) is 0 Å². The summed E-state index contributed by atoms with van der Waals surface area (Å²) in [6, 6.07) is 0. The largest absolute Gasteiger partial charge is 0.380 e. The number of amides is 1. The van der Waals surface area contributed by atoms with E-state index in [4.69, 9.17) is 4.74 Å². The van der Waals surface area contributed by atoms with Gasteiger partial charge in [-0.15, -0.1) is 0 Å². The molecule has 1 fully saturated rings. The smallest absolute Gasteiger partial charge is 0.236 e. The molecule has 2 unspecified atom stereocenters.